The Hall–Kier alpha value is -1.25. The SMILES string of the molecule is O=C(CC(=O)Oc1cc(I)c(S(=O)(=O)[O-])c(I)c1)Oc1ccccc1. The Morgan fingerprint density at radius 3 is 1.88 bits per heavy atom. The number of ether oxygens (including phenoxy) is 2. The maximum atomic E-state index is 11.8. The van der Waals surface area contributed by atoms with Crippen LogP contribution in [0.4, 0.5) is 0 Å². The van der Waals surface area contributed by atoms with Gasteiger partial charge in [-0.3, -0.25) is 9.59 Å². The molecule has 2 aromatic carbocycles. The van der Waals surface area contributed by atoms with Crippen LogP contribution >= 0.6 is 45.2 Å². The number of carbonyl (C=O) groups is 2. The van der Waals surface area contributed by atoms with Crippen molar-refractivity contribution in [2.24, 2.45) is 0 Å². The number of halogens is 2. The number of rotatable bonds is 5. The second kappa shape index (κ2) is 8.42. The van der Waals surface area contributed by atoms with Gasteiger partial charge in [0.05, 0.1) is 4.90 Å². The van der Waals surface area contributed by atoms with E-state index in [9.17, 15) is 22.6 Å². The molecule has 0 aromatic heterocycles. The largest absolute Gasteiger partial charge is 0.744 e. The normalized spacial score (nSPS) is 11.0. The average Bonchev–Trinajstić information content (AvgIpc) is 2.45. The van der Waals surface area contributed by atoms with E-state index in [1.165, 1.54) is 12.1 Å². The van der Waals surface area contributed by atoms with Gasteiger partial charge in [0.15, 0.2) is 0 Å². The Balaban J connectivity index is 2.05. The number of benzene rings is 2. The summed E-state index contributed by atoms with van der Waals surface area (Å²) < 4.78 is 43.8. The maximum Gasteiger partial charge on any atom is 0.322 e. The highest BCUT2D eigenvalue weighted by Crippen LogP contribution is 2.29. The van der Waals surface area contributed by atoms with Gasteiger partial charge in [-0.15, -0.1) is 0 Å². The van der Waals surface area contributed by atoms with Crippen molar-refractivity contribution in [3.8, 4) is 11.5 Å². The smallest absolute Gasteiger partial charge is 0.322 e. The van der Waals surface area contributed by atoms with Crippen LogP contribution in [0.5, 0.6) is 11.5 Å². The summed E-state index contributed by atoms with van der Waals surface area (Å²) >= 11 is 3.31. The first kappa shape index (κ1) is 20.1. The molecule has 0 atom stereocenters. The van der Waals surface area contributed by atoms with Crippen molar-refractivity contribution in [1.82, 2.24) is 0 Å². The third-order valence-electron chi connectivity index (χ3n) is 2.72. The van der Waals surface area contributed by atoms with E-state index in [1.54, 1.807) is 75.5 Å². The van der Waals surface area contributed by atoms with Gasteiger partial charge in [-0.05, 0) is 69.4 Å². The molecule has 10 heteroatoms. The van der Waals surface area contributed by atoms with E-state index in [1.807, 2.05) is 0 Å². The molecule has 25 heavy (non-hydrogen) atoms. The van der Waals surface area contributed by atoms with Gasteiger partial charge in [0.2, 0.25) is 0 Å². The van der Waals surface area contributed by atoms with Gasteiger partial charge in [-0.2, -0.15) is 0 Å². The zero-order valence-electron chi connectivity index (χ0n) is 12.3. The molecule has 0 aliphatic carbocycles. The van der Waals surface area contributed by atoms with Gasteiger partial charge in [0.25, 0.3) is 0 Å². The molecule has 132 valence electrons. The summed E-state index contributed by atoms with van der Waals surface area (Å²) in [5.74, 6) is -1.34. The lowest BCUT2D eigenvalue weighted by Crippen LogP contribution is -2.18. The molecule has 0 aliphatic heterocycles. The van der Waals surface area contributed by atoms with E-state index >= 15 is 0 Å². The van der Waals surface area contributed by atoms with Crippen molar-refractivity contribution < 1.29 is 32.0 Å². The van der Waals surface area contributed by atoms with Crippen LogP contribution in [0.3, 0.4) is 0 Å². The molecular weight excluding hydrogens is 578 g/mol. The summed E-state index contributed by atoms with van der Waals surface area (Å²) in [6.45, 7) is 0. The minimum atomic E-state index is -4.64. The van der Waals surface area contributed by atoms with Gasteiger partial charge in [0, 0.05) is 7.14 Å². The van der Waals surface area contributed by atoms with Gasteiger partial charge >= 0.3 is 11.9 Å². The molecule has 0 aliphatic rings. The van der Waals surface area contributed by atoms with Crippen molar-refractivity contribution in [2.45, 2.75) is 11.3 Å². The summed E-state index contributed by atoms with van der Waals surface area (Å²) in [6, 6.07) is 10.7. The molecule has 0 unspecified atom stereocenters. The fraction of sp³-hybridized carbons (Fsp3) is 0.0667. The van der Waals surface area contributed by atoms with Gasteiger partial charge in [-0.1, -0.05) is 18.2 Å². The fourth-order valence-electron chi connectivity index (χ4n) is 1.78. The van der Waals surface area contributed by atoms with Crippen molar-refractivity contribution in [1.29, 1.82) is 0 Å². The molecule has 0 fully saturated rings. The van der Waals surface area contributed by atoms with E-state index in [2.05, 4.69) is 0 Å². The molecular formula is C15H9I2O7S-. The van der Waals surface area contributed by atoms with Crippen LogP contribution in [-0.4, -0.2) is 24.9 Å². The highest BCUT2D eigenvalue weighted by atomic mass is 127. The zero-order valence-corrected chi connectivity index (χ0v) is 17.4. The molecule has 0 bridgehead atoms. The van der Waals surface area contributed by atoms with E-state index in [-0.39, 0.29) is 17.8 Å². The first-order chi connectivity index (χ1) is 11.7. The Kier molecular flexibility index (Phi) is 6.76. The van der Waals surface area contributed by atoms with E-state index in [0.717, 1.165) is 0 Å². The maximum absolute atomic E-state index is 11.8. The molecule has 0 saturated carbocycles. The second-order valence-corrected chi connectivity index (χ2v) is 8.25. The summed E-state index contributed by atoms with van der Waals surface area (Å²) in [7, 11) is -4.64. The van der Waals surface area contributed by atoms with Crippen LogP contribution in [0.15, 0.2) is 47.4 Å². The standard InChI is InChI=1S/C15H10I2O7S/c16-11-6-10(7-12(17)15(11)25(20,21)22)24-14(19)8-13(18)23-9-4-2-1-3-5-9/h1-7H,8H2,(H,20,21,22)/p-1. The van der Waals surface area contributed by atoms with Crippen LogP contribution < -0.4 is 9.47 Å². The monoisotopic (exact) mass is 587 g/mol. The van der Waals surface area contributed by atoms with Crippen LogP contribution in [0.25, 0.3) is 0 Å². The molecule has 0 heterocycles. The Bertz CT molecular complexity index is 888. The first-order valence-corrected chi connectivity index (χ1v) is 10.1. The quantitative estimate of drug-likeness (QED) is 0.174. The zero-order chi connectivity index (χ0) is 18.6. The van der Waals surface area contributed by atoms with Gasteiger partial charge in [-0.25, -0.2) is 8.42 Å². The predicted molar refractivity (Wildman–Crippen MR) is 102 cm³/mol. The Morgan fingerprint density at radius 1 is 0.920 bits per heavy atom. The molecule has 2 rings (SSSR count). The number of esters is 2. The second-order valence-electron chi connectivity index (χ2n) is 4.61. The third kappa shape index (κ3) is 5.90. The summed E-state index contributed by atoms with van der Waals surface area (Å²) in [4.78, 5) is 23.1. The van der Waals surface area contributed by atoms with Crippen LogP contribution in [0, 0.1) is 7.14 Å². The predicted octanol–water partition coefficient (Wildman–Crippen LogP) is 2.70. The van der Waals surface area contributed by atoms with Crippen molar-refractivity contribution >= 4 is 67.2 Å². The summed E-state index contributed by atoms with van der Waals surface area (Å²) in [6.07, 6.45) is -0.621. The first-order valence-electron chi connectivity index (χ1n) is 6.58. The molecule has 0 spiro atoms. The third-order valence-corrected chi connectivity index (χ3v) is 6.09. The number of para-hydroxylation sites is 1. The average molecular weight is 587 g/mol. The highest BCUT2D eigenvalue weighted by molar-refractivity contribution is 14.1. The van der Waals surface area contributed by atoms with E-state index in [4.69, 9.17) is 9.47 Å². The van der Waals surface area contributed by atoms with Crippen LogP contribution in [-0.2, 0) is 19.7 Å². The summed E-state index contributed by atoms with van der Waals surface area (Å²) in [5.41, 5.74) is 0. The Morgan fingerprint density at radius 2 is 1.40 bits per heavy atom. The van der Waals surface area contributed by atoms with Crippen molar-refractivity contribution in [3.63, 3.8) is 0 Å². The molecule has 7 nitrogen and oxygen atoms in total. The topological polar surface area (TPSA) is 110 Å². The molecule has 0 radical (unpaired) electrons. The lowest BCUT2D eigenvalue weighted by atomic mass is 10.3. The highest BCUT2D eigenvalue weighted by Gasteiger charge is 2.18. The summed E-state index contributed by atoms with van der Waals surface area (Å²) in [5, 5.41) is 0. The molecule has 0 N–H and O–H groups in total. The minimum absolute atomic E-state index is 0.0266. The van der Waals surface area contributed by atoms with Crippen molar-refractivity contribution in [2.75, 3.05) is 0 Å². The Labute approximate surface area is 170 Å². The number of hydrogen-bond acceptors (Lipinski definition) is 7. The lowest BCUT2D eigenvalue weighted by molar-refractivity contribution is -0.144. The van der Waals surface area contributed by atoms with Crippen LogP contribution in [0.2, 0.25) is 0 Å². The minimum Gasteiger partial charge on any atom is -0.744 e. The lowest BCUT2D eigenvalue weighted by Gasteiger charge is -2.13. The molecule has 2 aromatic rings. The number of hydrogen-bond donors (Lipinski definition) is 0. The van der Waals surface area contributed by atoms with E-state index < -0.39 is 28.5 Å². The number of carbonyl (C=O) groups excluding carboxylic acids is 2. The molecule has 0 amide bonds. The van der Waals surface area contributed by atoms with Gasteiger partial charge in [0.1, 0.15) is 28.0 Å². The molecule has 0 saturated heterocycles. The van der Waals surface area contributed by atoms with E-state index in [0.29, 0.717) is 5.75 Å². The van der Waals surface area contributed by atoms with Crippen LogP contribution in [0.1, 0.15) is 6.42 Å². The fourth-order valence-corrected chi connectivity index (χ4v) is 5.70. The van der Waals surface area contributed by atoms with Crippen molar-refractivity contribution in [3.05, 3.63) is 49.6 Å². The van der Waals surface area contributed by atoms with Gasteiger partial charge < -0.3 is 14.0 Å².